The lowest BCUT2D eigenvalue weighted by Gasteiger charge is -2.03. The summed E-state index contributed by atoms with van der Waals surface area (Å²) < 4.78 is 1.52. The second-order valence-electron chi connectivity index (χ2n) is 3.48. The second kappa shape index (κ2) is 4.24. The second-order valence-corrected chi connectivity index (χ2v) is 3.48. The van der Waals surface area contributed by atoms with Crippen molar-refractivity contribution in [3.05, 3.63) is 46.4 Å². The number of para-hydroxylation sites is 2. The highest BCUT2D eigenvalue weighted by molar-refractivity contribution is 5.44. The predicted octanol–water partition coefficient (Wildman–Crippen LogP) is 0.591. The molecule has 0 unspecified atom stereocenters. The number of hydrogen-bond acceptors (Lipinski definition) is 3. The van der Waals surface area contributed by atoms with Gasteiger partial charge in [0.2, 0.25) is 0 Å². The minimum absolute atomic E-state index is 0.129. The Morgan fingerprint density at radius 2 is 2.19 bits per heavy atom. The Labute approximate surface area is 92.3 Å². The number of hydrogen-bond donors (Lipinski definition) is 3. The Bertz CT molecular complexity index is 542. The van der Waals surface area contributed by atoms with Crippen molar-refractivity contribution >= 4 is 0 Å². The zero-order valence-corrected chi connectivity index (χ0v) is 8.90. The van der Waals surface area contributed by atoms with E-state index in [9.17, 15) is 9.90 Å². The Balaban J connectivity index is 2.46. The molecule has 0 fully saturated rings. The number of aromatic amines is 1. The van der Waals surface area contributed by atoms with E-state index >= 15 is 0 Å². The lowest BCUT2D eigenvalue weighted by molar-refractivity contribution is 0.470. The highest BCUT2D eigenvalue weighted by Crippen LogP contribution is 2.19. The number of benzene rings is 1. The summed E-state index contributed by atoms with van der Waals surface area (Å²) in [6, 6.07) is 6.83. The third kappa shape index (κ3) is 1.85. The van der Waals surface area contributed by atoms with Crippen LogP contribution in [-0.2, 0) is 6.54 Å². The molecule has 0 saturated heterocycles. The first-order valence-corrected chi connectivity index (χ1v) is 4.96. The summed E-state index contributed by atoms with van der Waals surface area (Å²) >= 11 is 0. The van der Waals surface area contributed by atoms with Gasteiger partial charge in [-0.25, -0.2) is 0 Å². The van der Waals surface area contributed by atoms with E-state index in [2.05, 4.69) is 10.4 Å². The smallest absolute Gasteiger partial charge is 0.268 e. The molecule has 0 bridgehead atoms. The fourth-order valence-corrected chi connectivity index (χ4v) is 1.54. The van der Waals surface area contributed by atoms with Crippen molar-refractivity contribution in [2.24, 2.45) is 0 Å². The van der Waals surface area contributed by atoms with Gasteiger partial charge in [0.25, 0.3) is 5.56 Å². The van der Waals surface area contributed by atoms with Gasteiger partial charge in [0.1, 0.15) is 11.4 Å². The Morgan fingerprint density at radius 1 is 1.44 bits per heavy atom. The molecule has 84 valence electrons. The van der Waals surface area contributed by atoms with Crippen LogP contribution < -0.4 is 10.9 Å². The standard InChI is InChI=1S/C11H13N3O2/c1-12-6-8-7-14(13-11(8)16)9-4-2-3-5-10(9)15/h2-5,7,12,15H,6H2,1H3,(H,13,16). The van der Waals surface area contributed by atoms with E-state index in [0.717, 1.165) is 0 Å². The van der Waals surface area contributed by atoms with Crippen molar-refractivity contribution in [3.63, 3.8) is 0 Å². The van der Waals surface area contributed by atoms with E-state index in [1.807, 2.05) is 0 Å². The summed E-state index contributed by atoms with van der Waals surface area (Å²) in [4.78, 5) is 11.5. The first-order valence-electron chi connectivity index (χ1n) is 4.96. The number of nitrogens with one attached hydrogen (secondary N) is 2. The predicted molar refractivity (Wildman–Crippen MR) is 60.8 cm³/mol. The third-order valence-electron chi connectivity index (χ3n) is 2.31. The molecule has 1 aromatic carbocycles. The summed E-state index contributed by atoms with van der Waals surface area (Å²) in [6.07, 6.45) is 1.67. The van der Waals surface area contributed by atoms with E-state index in [-0.39, 0.29) is 11.3 Å². The normalized spacial score (nSPS) is 10.6. The summed E-state index contributed by atoms with van der Waals surface area (Å²) in [5.74, 6) is 0.129. The molecule has 16 heavy (non-hydrogen) atoms. The minimum Gasteiger partial charge on any atom is -0.506 e. The largest absolute Gasteiger partial charge is 0.506 e. The van der Waals surface area contributed by atoms with Crippen molar-refractivity contribution in [1.29, 1.82) is 0 Å². The molecule has 0 spiro atoms. The van der Waals surface area contributed by atoms with Crippen molar-refractivity contribution in [3.8, 4) is 11.4 Å². The summed E-state index contributed by atoms with van der Waals surface area (Å²) in [5, 5.41) is 15.2. The maximum atomic E-state index is 11.5. The monoisotopic (exact) mass is 219 g/mol. The number of aromatic nitrogens is 2. The van der Waals surface area contributed by atoms with Gasteiger partial charge >= 0.3 is 0 Å². The first-order chi connectivity index (χ1) is 7.72. The molecule has 1 heterocycles. The Kier molecular flexibility index (Phi) is 2.78. The van der Waals surface area contributed by atoms with Gasteiger partial charge in [-0.3, -0.25) is 14.6 Å². The van der Waals surface area contributed by atoms with Gasteiger partial charge in [0.05, 0.1) is 5.56 Å². The number of H-pyrrole nitrogens is 1. The number of aromatic hydroxyl groups is 1. The molecule has 0 atom stereocenters. The van der Waals surface area contributed by atoms with Crippen LogP contribution in [0.5, 0.6) is 5.75 Å². The topological polar surface area (TPSA) is 70.0 Å². The average molecular weight is 219 g/mol. The van der Waals surface area contributed by atoms with Crippen LogP contribution in [0.15, 0.2) is 35.3 Å². The van der Waals surface area contributed by atoms with Gasteiger partial charge in [-0.05, 0) is 19.2 Å². The van der Waals surface area contributed by atoms with Crippen LogP contribution in [-0.4, -0.2) is 21.9 Å². The molecular formula is C11H13N3O2. The van der Waals surface area contributed by atoms with Crippen LogP contribution in [0.2, 0.25) is 0 Å². The maximum Gasteiger partial charge on any atom is 0.268 e. The lowest BCUT2D eigenvalue weighted by atomic mass is 10.3. The van der Waals surface area contributed by atoms with Crippen molar-refractivity contribution in [2.75, 3.05) is 7.05 Å². The molecule has 0 saturated carbocycles. The molecule has 0 aliphatic carbocycles. The van der Waals surface area contributed by atoms with Crippen LogP contribution in [0.4, 0.5) is 0 Å². The Hall–Kier alpha value is -2.01. The van der Waals surface area contributed by atoms with Crippen LogP contribution in [0.25, 0.3) is 5.69 Å². The van der Waals surface area contributed by atoms with Gasteiger partial charge in [-0.2, -0.15) is 0 Å². The molecule has 0 radical (unpaired) electrons. The van der Waals surface area contributed by atoms with Crippen LogP contribution in [0.3, 0.4) is 0 Å². The minimum atomic E-state index is -0.155. The van der Waals surface area contributed by atoms with Crippen LogP contribution in [0.1, 0.15) is 5.56 Å². The zero-order valence-electron chi connectivity index (χ0n) is 8.90. The van der Waals surface area contributed by atoms with Crippen molar-refractivity contribution in [2.45, 2.75) is 6.54 Å². The van der Waals surface area contributed by atoms with Gasteiger partial charge in [-0.15, -0.1) is 0 Å². The third-order valence-corrected chi connectivity index (χ3v) is 2.31. The van der Waals surface area contributed by atoms with Gasteiger partial charge in [0, 0.05) is 12.7 Å². The zero-order chi connectivity index (χ0) is 11.5. The number of phenolic OH excluding ortho intramolecular Hbond substituents is 1. The molecule has 2 aromatic rings. The van der Waals surface area contributed by atoms with Crippen molar-refractivity contribution in [1.82, 2.24) is 15.1 Å². The first kappa shape index (κ1) is 10.5. The highest BCUT2D eigenvalue weighted by Gasteiger charge is 2.06. The fourth-order valence-electron chi connectivity index (χ4n) is 1.54. The molecule has 5 heteroatoms. The Morgan fingerprint density at radius 3 is 2.88 bits per heavy atom. The highest BCUT2D eigenvalue weighted by atomic mass is 16.3. The number of nitrogens with zero attached hydrogens (tertiary/aromatic N) is 1. The number of phenols is 1. The SMILES string of the molecule is CNCc1cn(-c2ccccc2O)[nH]c1=O. The molecule has 0 aliphatic rings. The molecule has 3 N–H and O–H groups in total. The van der Waals surface area contributed by atoms with E-state index in [0.29, 0.717) is 17.8 Å². The van der Waals surface area contributed by atoms with Gasteiger partial charge in [0.15, 0.2) is 0 Å². The molecule has 0 aliphatic heterocycles. The molecule has 1 aromatic heterocycles. The lowest BCUT2D eigenvalue weighted by Crippen LogP contribution is -2.13. The molecular weight excluding hydrogens is 206 g/mol. The van der Waals surface area contributed by atoms with E-state index < -0.39 is 0 Å². The van der Waals surface area contributed by atoms with E-state index in [1.165, 1.54) is 4.68 Å². The van der Waals surface area contributed by atoms with E-state index in [4.69, 9.17) is 0 Å². The van der Waals surface area contributed by atoms with Gasteiger partial charge < -0.3 is 10.4 Å². The summed E-state index contributed by atoms with van der Waals surface area (Å²) in [5.41, 5.74) is 1.03. The van der Waals surface area contributed by atoms with Crippen molar-refractivity contribution < 1.29 is 5.11 Å². The summed E-state index contributed by atoms with van der Waals surface area (Å²) in [6.45, 7) is 0.496. The van der Waals surface area contributed by atoms with Gasteiger partial charge in [-0.1, -0.05) is 12.1 Å². The molecule has 5 nitrogen and oxygen atoms in total. The fraction of sp³-hybridized carbons (Fsp3) is 0.182. The molecule has 2 rings (SSSR count). The quantitative estimate of drug-likeness (QED) is 0.707. The maximum absolute atomic E-state index is 11.5. The summed E-state index contributed by atoms with van der Waals surface area (Å²) in [7, 11) is 1.77. The molecule has 0 amide bonds. The van der Waals surface area contributed by atoms with Crippen LogP contribution in [0, 0.1) is 0 Å². The van der Waals surface area contributed by atoms with E-state index in [1.54, 1.807) is 37.5 Å². The number of rotatable bonds is 3. The average Bonchev–Trinajstić information content (AvgIpc) is 2.61. The van der Waals surface area contributed by atoms with Crippen LogP contribution >= 0.6 is 0 Å².